The van der Waals surface area contributed by atoms with Crippen LogP contribution in [-0.2, 0) is 4.74 Å². The predicted octanol–water partition coefficient (Wildman–Crippen LogP) is 4.20. The van der Waals surface area contributed by atoms with Crippen molar-refractivity contribution in [2.75, 3.05) is 19.7 Å². The molecule has 2 aliphatic rings. The van der Waals surface area contributed by atoms with Crippen molar-refractivity contribution in [2.24, 2.45) is 5.41 Å². The summed E-state index contributed by atoms with van der Waals surface area (Å²) in [5.74, 6) is -0.189. The summed E-state index contributed by atoms with van der Waals surface area (Å²) in [6, 6.07) is 5.22. The molecule has 2 fully saturated rings. The van der Waals surface area contributed by atoms with E-state index in [1.807, 2.05) is 12.1 Å². The molecular formula is C16H21BrFNO. The lowest BCUT2D eigenvalue weighted by atomic mass is 9.74. The van der Waals surface area contributed by atoms with Gasteiger partial charge in [0.05, 0.1) is 12.7 Å². The smallest absolute Gasteiger partial charge is 0.130 e. The number of nitrogens with one attached hydrogen (secondary N) is 1. The van der Waals surface area contributed by atoms with Crippen molar-refractivity contribution in [1.82, 2.24) is 5.32 Å². The van der Waals surface area contributed by atoms with Crippen molar-refractivity contribution in [3.63, 3.8) is 0 Å². The van der Waals surface area contributed by atoms with Crippen molar-refractivity contribution >= 4 is 15.9 Å². The summed E-state index contributed by atoms with van der Waals surface area (Å²) in [5, 5.41) is 3.49. The zero-order valence-electron chi connectivity index (χ0n) is 11.6. The second-order valence-corrected chi connectivity index (χ2v) is 7.07. The van der Waals surface area contributed by atoms with E-state index in [-0.39, 0.29) is 17.3 Å². The van der Waals surface area contributed by atoms with Crippen molar-refractivity contribution in [3.05, 3.63) is 34.1 Å². The van der Waals surface area contributed by atoms with Gasteiger partial charge in [0.15, 0.2) is 0 Å². The van der Waals surface area contributed by atoms with Crippen LogP contribution in [0.25, 0.3) is 0 Å². The Morgan fingerprint density at radius 1 is 1.25 bits per heavy atom. The van der Waals surface area contributed by atoms with E-state index in [1.54, 1.807) is 0 Å². The second kappa shape index (κ2) is 6.12. The molecular weight excluding hydrogens is 321 g/mol. The van der Waals surface area contributed by atoms with Crippen molar-refractivity contribution in [2.45, 2.75) is 38.2 Å². The highest BCUT2D eigenvalue weighted by molar-refractivity contribution is 9.10. The molecule has 0 bridgehead atoms. The van der Waals surface area contributed by atoms with E-state index in [0.29, 0.717) is 12.1 Å². The summed E-state index contributed by atoms with van der Waals surface area (Å²) in [4.78, 5) is 0. The maximum atomic E-state index is 14.1. The van der Waals surface area contributed by atoms with E-state index < -0.39 is 0 Å². The van der Waals surface area contributed by atoms with Gasteiger partial charge in [-0.15, -0.1) is 0 Å². The Labute approximate surface area is 128 Å². The lowest BCUT2D eigenvalue weighted by molar-refractivity contribution is -0.00273. The molecule has 110 valence electrons. The fraction of sp³-hybridized carbons (Fsp3) is 0.625. The molecule has 0 aromatic heterocycles. The maximum absolute atomic E-state index is 14.1. The topological polar surface area (TPSA) is 21.3 Å². The van der Waals surface area contributed by atoms with Crippen LogP contribution in [0.1, 0.15) is 43.8 Å². The Hall–Kier alpha value is -0.450. The number of benzene rings is 1. The van der Waals surface area contributed by atoms with Crippen LogP contribution in [-0.4, -0.2) is 19.7 Å². The molecule has 1 saturated heterocycles. The normalized spacial score (nSPS) is 26.4. The zero-order valence-corrected chi connectivity index (χ0v) is 13.2. The van der Waals surface area contributed by atoms with Crippen LogP contribution in [0, 0.1) is 11.2 Å². The summed E-state index contributed by atoms with van der Waals surface area (Å²) < 4.78 is 20.9. The molecule has 3 rings (SSSR count). The van der Waals surface area contributed by atoms with Crippen molar-refractivity contribution in [3.8, 4) is 0 Å². The van der Waals surface area contributed by atoms with Crippen molar-refractivity contribution < 1.29 is 9.13 Å². The van der Waals surface area contributed by atoms with Crippen LogP contribution in [0.4, 0.5) is 4.39 Å². The Balaban J connectivity index is 1.73. The van der Waals surface area contributed by atoms with Gasteiger partial charge in [0, 0.05) is 28.5 Å². The third-order valence-electron chi connectivity index (χ3n) is 4.64. The first-order valence-corrected chi connectivity index (χ1v) is 8.25. The summed E-state index contributed by atoms with van der Waals surface area (Å²) in [7, 11) is 0. The van der Waals surface area contributed by atoms with Crippen LogP contribution in [0.3, 0.4) is 0 Å². The Morgan fingerprint density at radius 3 is 2.80 bits per heavy atom. The average Bonchev–Trinajstić information content (AvgIpc) is 2.63. The number of halogens is 2. The highest BCUT2D eigenvalue weighted by atomic mass is 79.9. The van der Waals surface area contributed by atoms with E-state index in [2.05, 4.69) is 21.2 Å². The van der Waals surface area contributed by atoms with Gasteiger partial charge in [-0.3, -0.25) is 0 Å². The number of hydrogen-bond donors (Lipinski definition) is 1. The van der Waals surface area contributed by atoms with E-state index in [9.17, 15) is 4.39 Å². The molecule has 2 nitrogen and oxygen atoms in total. The minimum Gasteiger partial charge on any atom is -0.371 e. The molecule has 20 heavy (non-hydrogen) atoms. The second-order valence-electron chi connectivity index (χ2n) is 6.16. The molecule has 0 radical (unpaired) electrons. The van der Waals surface area contributed by atoms with Crippen LogP contribution < -0.4 is 5.32 Å². The minimum atomic E-state index is -0.189. The standard InChI is InChI=1S/C16H21BrFNO/c17-12-4-5-13(14(18)8-12)15-9-19-10-16(11-20-15)6-2-1-3-7-16/h4-5,8,15,19H,1-3,6-7,9-11H2. The van der Waals surface area contributed by atoms with Crippen LogP contribution in [0.2, 0.25) is 0 Å². The fourth-order valence-electron chi connectivity index (χ4n) is 3.44. The van der Waals surface area contributed by atoms with Gasteiger partial charge >= 0.3 is 0 Å². The van der Waals surface area contributed by atoms with Crippen LogP contribution in [0.15, 0.2) is 22.7 Å². The first-order chi connectivity index (χ1) is 9.69. The van der Waals surface area contributed by atoms with Gasteiger partial charge in [0.25, 0.3) is 0 Å². The van der Waals surface area contributed by atoms with Crippen LogP contribution in [0.5, 0.6) is 0 Å². The molecule has 1 saturated carbocycles. The van der Waals surface area contributed by atoms with E-state index >= 15 is 0 Å². The molecule has 1 N–H and O–H groups in total. The maximum Gasteiger partial charge on any atom is 0.130 e. The number of rotatable bonds is 1. The third-order valence-corrected chi connectivity index (χ3v) is 5.14. The molecule has 1 aliphatic heterocycles. The van der Waals surface area contributed by atoms with E-state index in [0.717, 1.165) is 17.6 Å². The minimum absolute atomic E-state index is 0.176. The molecule has 1 aromatic rings. The Morgan fingerprint density at radius 2 is 2.05 bits per heavy atom. The largest absolute Gasteiger partial charge is 0.371 e. The first kappa shape index (κ1) is 14.5. The third kappa shape index (κ3) is 3.07. The molecule has 1 unspecified atom stereocenters. The summed E-state index contributed by atoms with van der Waals surface area (Å²) >= 11 is 3.30. The lowest BCUT2D eigenvalue weighted by Gasteiger charge is -2.35. The molecule has 1 aromatic carbocycles. The molecule has 1 atom stereocenters. The highest BCUT2D eigenvalue weighted by Gasteiger charge is 2.35. The Kier molecular flexibility index (Phi) is 4.43. The summed E-state index contributed by atoms with van der Waals surface area (Å²) in [5.41, 5.74) is 0.937. The van der Waals surface area contributed by atoms with E-state index in [4.69, 9.17) is 4.74 Å². The van der Waals surface area contributed by atoms with Gasteiger partial charge in [-0.25, -0.2) is 4.39 Å². The van der Waals surface area contributed by atoms with Gasteiger partial charge in [0.2, 0.25) is 0 Å². The quantitative estimate of drug-likeness (QED) is 0.826. The molecule has 1 spiro atoms. The Bertz CT molecular complexity index is 474. The van der Waals surface area contributed by atoms with Crippen molar-refractivity contribution in [1.29, 1.82) is 0 Å². The molecule has 1 heterocycles. The predicted molar refractivity (Wildman–Crippen MR) is 81.2 cm³/mol. The van der Waals surface area contributed by atoms with Gasteiger partial charge in [-0.1, -0.05) is 41.3 Å². The van der Waals surface area contributed by atoms with Gasteiger partial charge in [-0.2, -0.15) is 0 Å². The average molecular weight is 342 g/mol. The highest BCUT2D eigenvalue weighted by Crippen LogP contribution is 2.39. The fourth-order valence-corrected chi connectivity index (χ4v) is 3.77. The van der Waals surface area contributed by atoms with Gasteiger partial charge in [0.1, 0.15) is 5.82 Å². The zero-order chi connectivity index (χ0) is 14.0. The summed E-state index contributed by atoms with van der Waals surface area (Å²) in [6.45, 7) is 2.45. The number of hydrogen-bond acceptors (Lipinski definition) is 2. The SMILES string of the molecule is Fc1cc(Br)ccc1C1CNCC2(CCCCC2)CO1. The molecule has 0 amide bonds. The lowest BCUT2D eigenvalue weighted by Crippen LogP contribution is -2.37. The monoisotopic (exact) mass is 341 g/mol. The molecule has 4 heteroatoms. The van der Waals surface area contributed by atoms with E-state index in [1.165, 1.54) is 38.2 Å². The molecule has 1 aliphatic carbocycles. The first-order valence-electron chi connectivity index (χ1n) is 7.46. The summed E-state index contributed by atoms with van der Waals surface area (Å²) in [6.07, 6.45) is 6.21. The van der Waals surface area contributed by atoms with Gasteiger partial charge < -0.3 is 10.1 Å². The number of ether oxygens (including phenoxy) is 1. The van der Waals surface area contributed by atoms with Crippen LogP contribution >= 0.6 is 15.9 Å². The van der Waals surface area contributed by atoms with Gasteiger partial charge in [-0.05, 0) is 25.0 Å².